The Kier molecular flexibility index (Phi) is 7.18. The molecule has 8 heteroatoms. The van der Waals surface area contributed by atoms with E-state index in [1.54, 1.807) is 35.0 Å². The maximum Gasteiger partial charge on any atom is 0.251 e. The van der Waals surface area contributed by atoms with Crippen molar-refractivity contribution in [1.29, 1.82) is 0 Å². The van der Waals surface area contributed by atoms with Gasteiger partial charge in [0.05, 0.1) is 0 Å². The summed E-state index contributed by atoms with van der Waals surface area (Å²) in [6.45, 7) is 5.76. The molecule has 30 heavy (non-hydrogen) atoms. The molecule has 1 aromatic rings. The Morgan fingerprint density at radius 1 is 1.17 bits per heavy atom. The first-order valence-electron chi connectivity index (χ1n) is 10.7. The molecule has 8 nitrogen and oxygen atoms in total. The van der Waals surface area contributed by atoms with Crippen molar-refractivity contribution in [2.45, 2.75) is 45.6 Å². The number of benzene rings is 1. The largest absolute Gasteiger partial charge is 0.454 e. The standard InChI is InChI=1S/C22H31N3O5/c1-4-25(5-2)22(28)16-7-6-8-17(13-24(3)20(26)12-16)23-21(27)15-9-10-18-19(11-15)30-14-29-18/h9-11,16-17H,4-8,12-14H2,1-3H3,(H,23,27)/t16-,17-/m1/s1. The van der Waals surface area contributed by atoms with E-state index in [0.717, 1.165) is 6.42 Å². The summed E-state index contributed by atoms with van der Waals surface area (Å²) in [5.41, 5.74) is 0.489. The van der Waals surface area contributed by atoms with Gasteiger partial charge in [-0.05, 0) is 44.9 Å². The third kappa shape index (κ3) is 5.04. The molecule has 0 aromatic heterocycles. The maximum absolute atomic E-state index is 12.8. The minimum absolute atomic E-state index is 0.0459. The summed E-state index contributed by atoms with van der Waals surface area (Å²) < 4.78 is 10.6. The minimum atomic E-state index is -0.303. The first kappa shape index (κ1) is 21.9. The van der Waals surface area contributed by atoms with Crippen LogP contribution in [-0.4, -0.2) is 67.0 Å². The molecule has 1 N–H and O–H groups in total. The summed E-state index contributed by atoms with van der Waals surface area (Å²) >= 11 is 0. The second kappa shape index (κ2) is 9.82. The Bertz CT molecular complexity index is 793. The zero-order valence-corrected chi connectivity index (χ0v) is 18.0. The van der Waals surface area contributed by atoms with Crippen LogP contribution in [0.1, 0.15) is 49.9 Å². The van der Waals surface area contributed by atoms with E-state index >= 15 is 0 Å². The van der Waals surface area contributed by atoms with Crippen molar-refractivity contribution in [3.8, 4) is 11.5 Å². The molecule has 1 fully saturated rings. The van der Waals surface area contributed by atoms with Crippen molar-refractivity contribution in [1.82, 2.24) is 15.1 Å². The first-order chi connectivity index (χ1) is 14.4. The number of nitrogens with one attached hydrogen (secondary N) is 1. The van der Waals surface area contributed by atoms with Gasteiger partial charge in [0.1, 0.15) is 0 Å². The fourth-order valence-corrected chi connectivity index (χ4v) is 4.03. The lowest BCUT2D eigenvalue weighted by atomic mass is 9.95. The Labute approximate surface area is 177 Å². The summed E-state index contributed by atoms with van der Waals surface area (Å²) in [6.07, 6.45) is 2.33. The predicted octanol–water partition coefficient (Wildman–Crippen LogP) is 2.03. The molecule has 0 saturated carbocycles. The number of carbonyl (C=O) groups excluding carboxylic acids is 3. The van der Waals surface area contributed by atoms with Crippen molar-refractivity contribution in [2.24, 2.45) is 5.92 Å². The van der Waals surface area contributed by atoms with Gasteiger partial charge < -0.3 is 24.6 Å². The molecule has 0 unspecified atom stereocenters. The van der Waals surface area contributed by atoms with Crippen LogP contribution in [0.5, 0.6) is 11.5 Å². The normalized spacial score (nSPS) is 21.4. The number of nitrogens with zero attached hydrogens (tertiary/aromatic N) is 2. The molecular weight excluding hydrogens is 386 g/mol. The molecule has 2 atom stereocenters. The van der Waals surface area contributed by atoms with Crippen LogP contribution in [0.15, 0.2) is 18.2 Å². The molecule has 164 valence electrons. The lowest BCUT2D eigenvalue weighted by Crippen LogP contribution is -2.44. The van der Waals surface area contributed by atoms with Crippen molar-refractivity contribution in [3.05, 3.63) is 23.8 Å². The van der Waals surface area contributed by atoms with Crippen LogP contribution >= 0.6 is 0 Å². The van der Waals surface area contributed by atoms with Gasteiger partial charge in [-0.2, -0.15) is 0 Å². The van der Waals surface area contributed by atoms with Gasteiger partial charge in [-0.1, -0.05) is 6.42 Å². The lowest BCUT2D eigenvalue weighted by Gasteiger charge is -2.26. The van der Waals surface area contributed by atoms with Crippen LogP contribution in [0.4, 0.5) is 0 Å². The number of rotatable bonds is 5. The quantitative estimate of drug-likeness (QED) is 0.792. The molecule has 2 heterocycles. The van der Waals surface area contributed by atoms with Crippen molar-refractivity contribution in [2.75, 3.05) is 33.5 Å². The van der Waals surface area contributed by atoms with Gasteiger partial charge in [0.2, 0.25) is 18.6 Å². The van der Waals surface area contributed by atoms with Gasteiger partial charge in [-0.3, -0.25) is 14.4 Å². The van der Waals surface area contributed by atoms with Gasteiger partial charge in [0, 0.05) is 50.6 Å². The average molecular weight is 418 g/mol. The van der Waals surface area contributed by atoms with E-state index in [1.807, 2.05) is 13.8 Å². The van der Waals surface area contributed by atoms with E-state index in [2.05, 4.69) is 5.32 Å². The lowest BCUT2D eigenvalue weighted by molar-refractivity contribution is -0.140. The second-order valence-electron chi connectivity index (χ2n) is 7.86. The number of carbonyl (C=O) groups is 3. The van der Waals surface area contributed by atoms with Gasteiger partial charge in [0.15, 0.2) is 11.5 Å². The second-order valence-corrected chi connectivity index (χ2v) is 7.86. The summed E-state index contributed by atoms with van der Waals surface area (Å²) in [4.78, 5) is 41.6. The number of amides is 3. The SMILES string of the molecule is CCN(CC)C(=O)[C@@H]1CCC[C@@H](NC(=O)c2ccc3c(c2)OCO3)CN(C)C(=O)C1. The molecule has 1 aromatic carbocycles. The fraction of sp³-hybridized carbons (Fsp3) is 0.591. The molecule has 1 saturated heterocycles. The summed E-state index contributed by atoms with van der Waals surface area (Å²) in [5.74, 6) is 0.650. The zero-order valence-electron chi connectivity index (χ0n) is 18.0. The number of hydrogen-bond acceptors (Lipinski definition) is 5. The van der Waals surface area contributed by atoms with Crippen LogP contribution in [0.3, 0.4) is 0 Å². The summed E-state index contributed by atoms with van der Waals surface area (Å²) in [5, 5.41) is 3.04. The highest BCUT2D eigenvalue weighted by molar-refractivity contribution is 5.95. The zero-order chi connectivity index (χ0) is 21.7. The third-order valence-electron chi connectivity index (χ3n) is 5.84. The molecule has 2 aliphatic heterocycles. The number of hydrogen-bond donors (Lipinski definition) is 1. The van der Waals surface area contributed by atoms with E-state index in [4.69, 9.17) is 9.47 Å². The monoisotopic (exact) mass is 417 g/mol. The highest BCUT2D eigenvalue weighted by Gasteiger charge is 2.29. The van der Waals surface area contributed by atoms with Gasteiger partial charge >= 0.3 is 0 Å². The number of fused-ring (bicyclic) bond motifs is 1. The van der Waals surface area contributed by atoms with E-state index in [-0.39, 0.29) is 42.9 Å². The van der Waals surface area contributed by atoms with E-state index in [9.17, 15) is 14.4 Å². The molecule has 0 radical (unpaired) electrons. The molecule has 0 spiro atoms. The third-order valence-corrected chi connectivity index (χ3v) is 5.84. The molecule has 0 bridgehead atoms. The average Bonchev–Trinajstić information content (AvgIpc) is 3.22. The molecule has 3 amide bonds. The molecule has 3 rings (SSSR count). The Morgan fingerprint density at radius 3 is 2.63 bits per heavy atom. The van der Waals surface area contributed by atoms with Crippen LogP contribution in [0.25, 0.3) is 0 Å². The molecule has 0 aliphatic carbocycles. The molecule has 2 aliphatic rings. The predicted molar refractivity (Wildman–Crippen MR) is 111 cm³/mol. The van der Waals surface area contributed by atoms with Crippen LogP contribution in [0, 0.1) is 5.92 Å². The van der Waals surface area contributed by atoms with Crippen molar-refractivity contribution in [3.63, 3.8) is 0 Å². The topological polar surface area (TPSA) is 88.2 Å². The van der Waals surface area contributed by atoms with Gasteiger partial charge in [-0.15, -0.1) is 0 Å². The Balaban J connectivity index is 1.65. The maximum atomic E-state index is 12.8. The van der Waals surface area contributed by atoms with Crippen LogP contribution < -0.4 is 14.8 Å². The fourth-order valence-electron chi connectivity index (χ4n) is 4.03. The highest BCUT2D eigenvalue weighted by Crippen LogP contribution is 2.32. The van der Waals surface area contributed by atoms with Crippen molar-refractivity contribution >= 4 is 17.7 Å². The highest BCUT2D eigenvalue weighted by atomic mass is 16.7. The smallest absolute Gasteiger partial charge is 0.251 e. The van der Waals surface area contributed by atoms with E-state index in [0.29, 0.717) is 49.5 Å². The molecular formula is C22H31N3O5. The van der Waals surface area contributed by atoms with E-state index in [1.165, 1.54) is 0 Å². The number of ether oxygens (including phenoxy) is 2. The van der Waals surface area contributed by atoms with Gasteiger partial charge in [0.25, 0.3) is 5.91 Å². The van der Waals surface area contributed by atoms with Crippen LogP contribution in [-0.2, 0) is 9.59 Å². The van der Waals surface area contributed by atoms with Crippen LogP contribution in [0.2, 0.25) is 0 Å². The number of likely N-dealkylation sites (N-methyl/N-ethyl adjacent to an activating group) is 1. The first-order valence-corrected chi connectivity index (χ1v) is 10.7. The Morgan fingerprint density at radius 2 is 1.90 bits per heavy atom. The van der Waals surface area contributed by atoms with Crippen molar-refractivity contribution < 1.29 is 23.9 Å². The summed E-state index contributed by atoms with van der Waals surface area (Å²) in [6, 6.07) is 4.91. The Hall–Kier alpha value is -2.77. The summed E-state index contributed by atoms with van der Waals surface area (Å²) in [7, 11) is 1.73. The minimum Gasteiger partial charge on any atom is -0.454 e. The van der Waals surface area contributed by atoms with Gasteiger partial charge in [-0.25, -0.2) is 0 Å². The van der Waals surface area contributed by atoms with E-state index < -0.39 is 0 Å².